The normalized spacial score (nSPS) is 11.0. The fourth-order valence-electron chi connectivity index (χ4n) is 2.22. The minimum Gasteiger partial charge on any atom is -0.478 e. The lowest BCUT2D eigenvalue weighted by Crippen LogP contribution is -2.01. The Labute approximate surface area is 141 Å². The van der Waals surface area contributed by atoms with E-state index in [1.165, 1.54) is 0 Å². The Hall–Kier alpha value is -2.66. The molecule has 0 atom stereocenters. The first-order valence-corrected chi connectivity index (χ1v) is 7.74. The number of nitrogens with zero attached hydrogens (tertiary/aromatic N) is 2. The molecule has 1 heterocycles. The number of benzene rings is 2. The first-order chi connectivity index (χ1) is 11.1. The van der Waals surface area contributed by atoms with Crippen LogP contribution in [0.1, 0.15) is 16.1 Å². The molecule has 1 aromatic heterocycles. The number of aliphatic imine (C=N–C) groups is 1. The van der Waals surface area contributed by atoms with E-state index in [9.17, 15) is 4.79 Å². The van der Waals surface area contributed by atoms with Gasteiger partial charge in [-0.15, -0.1) is 0 Å². The van der Waals surface area contributed by atoms with Gasteiger partial charge in [0.1, 0.15) is 0 Å². The minimum absolute atomic E-state index is 0.255. The van der Waals surface area contributed by atoms with Crippen LogP contribution >= 0.6 is 15.9 Å². The lowest BCUT2D eigenvalue weighted by Gasteiger charge is -2.07. The van der Waals surface area contributed by atoms with E-state index in [0.717, 1.165) is 21.5 Å². The molecule has 0 aliphatic heterocycles. The summed E-state index contributed by atoms with van der Waals surface area (Å²) in [5, 5.41) is 9.12. The maximum Gasteiger partial charge on any atom is 0.335 e. The van der Waals surface area contributed by atoms with Crippen molar-refractivity contribution in [2.75, 3.05) is 0 Å². The third-order valence-electron chi connectivity index (χ3n) is 3.34. The molecule has 0 aliphatic rings. The third kappa shape index (κ3) is 3.40. The molecule has 1 N–H and O–H groups in total. The van der Waals surface area contributed by atoms with Crippen molar-refractivity contribution in [2.24, 2.45) is 4.99 Å². The number of carboxylic acids is 1. The molecule has 0 unspecified atom stereocenters. The fraction of sp³-hybridized carbons (Fsp3) is 0. The summed E-state index contributed by atoms with van der Waals surface area (Å²) < 4.78 is 2.81. The van der Waals surface area contributed by atoms with Crippen LogP contribution in [0, 0.1) is 0 Å². The van der Waals surface area contributed by atoms with Crippen LogP contribution in [0.25, 0.3) is 5.69 Å². The number of carboxylic acid groups (broad SMARTS) is 1. The zero-order valence-electron chi connectivity index (χ0n) is 12.1. The van der Waals surface area contributed by atoms with Gasteiger partial charge >= 0.3 is 5.97 Å². The van der Waals surface area contributed by atoms with Gasteiger partial charge < -0.3 is 9.67 Å². The summed E-state index contributed by atoms with van der Waals surface area (Å²) in [7, 11) is 0. The summed E-state index contributed by atoms with van der Waals surface area (Å²) in [4.78, 5) is 15.6. The second-order valence-electron chi connectivity index (χ2n) is 4.87. The number of aromatic nitrogens is 1. The van der Waals surface area contributed by atoms with E-state index in [-0.39, 0.29) is 5.56 Å². The summed E-state index contributed by atoms with van der Waals surface area (Å²) in [6, 6.07) is 18.3. The zero-order chi connectivity index (χ0) is 16.2. The Kier molecular flexibility index (Phi) is 4.39. The van der Waals surface area contributed by atoms with E-state index in [1.54, 1.807) is 24.4 Å². The van der Waals surface area contributed by atoms with Crippen LogP contribution in [0.5, 0.6) is 0 Å². The van der Waals surface area contributed by atoms with Gasteiger partial charge in [0, 0.05) is 16.4 Å². The lowest BCUT2D eigenvalue weighted by molar-refractivity contribution is 0.0697. The summed E-state index contributed by atoms with van der Waals surface area (Å²) in [5.41, 5.74) is 2.73. The predicted molar refractivity (Wildman–Crippen MR) is 94.1 cm³/mol. The molecule has 4 nitrogen and oxygen atoms in total. The minimum atomic E-state index is -0.942. The molecule has 114 valence electrons. The molecular weight excluding hydrogens is 356 g/mol. The second kappa shape index (κ2) is 6.62. The highest BCUT2D eigenvalue weighted by Crippen LogP contribution is 2.24. The predicted octanol–water partition coefficient (Wildman–Crippen LogP) is 4.69. The molecule has 0 saturated heterocycles. The molecule has 0 bridgehead atoms. The molecule has 0 saturated carbocycles. The summed E-state index contributed by atoms with van der Waals surface area (Å²) in [6.45, 7) is 0. The molecule has 0 fully saturated rings. The first kappa shape index (κ1) is 15.2. The molecule has 2 aromatic carbocycles. The van der Waals surface area contributed by atoms with Gasteiger partial charge in [-0.3, -0.25) is 4.99 Å². The van der Waals surface area contributed by atoms with Crippen LogP contribution in [0.3, 0.4) is 0 Å². The average Bonchev–Trinajstić information content (AvgIpc) is 3.03. The van der Waals surface area contributed by atoms with Crippen LogP contribution in [0.15, 0.2) is 76.3 Å². The smallest absolute Gasteiger partial charge is 0.335 e. The third-order valence-corrected chi connectivity index (χ3v) is 4.01. The van der Waals surface area contributed by atoms with Gasteiger partial charge in [-0.05, 0) is 58.4 Å². The number of carbonyl (C=O) groups is 1. The molecule has 3 rings (SSSR count). The van der Waals surface area contributed by atoms with Crippen molar-refractivity contribution in [1.82, 2.24) is 4.57 Å². The fourth-order valence-corrected chi connectivity index (χ4v) is 2.60. The Balaban J connectivity index is 1.96. The molecule has 23 heavy (non-hydrogen) atoms. The van der Waals surface area contributed by atoms with Crippen LogP contribution < -0.4 is 0 Å². The van der Waals surface area contributed by atoms with Crippen LogP contribution in [0.2, 0.25) is 0 Å². The number of hydrogen-bond acceptors (Lipinski definition) is 2. The van der Waals surface area contributed by atoms with Crippen molar-refractivity contribution >= 4 is 33.8 Å². The molecule has 0 radical (unpaired) electrons. The maximum absolute atomic E-state index is 11.1. The highest BCUT2D eigenvalue weighted by Gasteiger charge is 2.06. The largest absolute Gasteiger partial charge is 0.478 e. The number of para-hydroxylation sites is 1. The standard InChI is InChI=1S/C18H13BrN2O2/c19-16-8-1-2-9-17(16)20-12-15-7-4-10-21(15)14-6-3-5-13(11-14)18(22)23/h1-12H,(H,22,23). The first-order valence-electron chi connectivity index (χ1n) is 6.95. The Morgan fingerprint density at radius 2 is 1.91 bits per heavy atom. The van der Waals surface area contributed by atoms with Gasteiger partial charge in [0.2, 0.25) is 0 Å². The van der Waals surface area contributed by atoms with E-state index in [4.69, 9.17) is 5.11 Å². The average molecular weight is 369 g/mol. The van der Waals surface area contributed by atoms with Gasteiger partial charge in [0.25, 0.3) is 0 Å². The molecule has 0 spiro atoms. The number of aromatic carboxylic acids is 1. The highest BCUT2D eigenvalue weighted by molar-refractivity contribution is 9.10. The van der Waals surface area contributed by atoms with Crippen molar-refractivity contribution in [3.63, 3.8) is 0 Å². The molecule has 0 amide bonds. The molecule has 3 aromatic rings. The molecular formula is C18H13BrN2O2. The van der Waals surface area contributed by atoms with Gasteiger partial charge in [-0.1, -0.05) is 18.2 Å². The van der Waals surface area contributed by atoms with E-state index < -0.39 is 5.97 Å². The maximum atomic E-state index is 11.1. The van der Waals surface area contributed by atoms with Crippen LogP contribution in [-0.4, -0.2) is 21.9 Å². The topological polar surface area (TPSA) is 54.6 Å². The van der Waals surface area contributed by atoms with Gasteiger partial charge in [0.15, 0.2) is 0 Å². The summed E-state index contributed by atoms with van der Waals surface area (Å²) in [6.07, 6.45) is 3.63. The van der Waals surface area contributed by atoms with Crippen LogP contribution in [-0.2, 0) is 0 Å². The SMILES string of the molecule is O=C(O)c1cccc(-n2cccc2C=Nc2ccccc2Br)c1. The Morgan fingerprint density at radius 3 is 2.70 bits per heavy atom. The van der Waals surface area contributed by atoms with E-state index in [0.29, 0.717) is 0 Å². The zero-order valence-corrected chi connectivity index (χ0v) is 13.6. The monoisotopic (exact) mass is 368 g/mol. The molecule has 0 aliphatic carbocycles. The number of halogens is 1. The van der Waals surface area contributed by atoms with Crippen molar-refractivity contribution in [1.29, 1.82) is 0 Å². The number of rotatable bonds is 4. The van der Waals surface area contributed by atoms with Crippen LogP contribution in [0.4, 0.5) is 5.69 Å². The van der Waals surface area contributed by atoms with Crippen molar-refractivity contribution < 1.29 is 9.90 Å². The Morgan fingerprint density at radius 1 is 1.09 bits per heavy atom. The number of hydrogen-bond donors (Lipinski definition) is 1. The summed E-state index contributed by atoms with van der Waals surface area (Å²) >= 11 is 3.46. The lowest BCUT2D eigenvalue weighted by atomic mass is 10.2. The van der Waals surface area contributed by atoms with Gasteiger partial charge in [-0.2, -0.15) is 0 Å². The van der Waals surface area contributed by atoms with E-state index in [2.05, 4.69) is 20.9 Å². The highest BCUT2D eigenvalue weighted by atomic mass is 79.9. The summed E-state index contributed by atoms with van der Waals surface area (Å²) in [5.74, 6) is -0.942. The second-order valence-corrected chi connectivity index (χ2v) is 5.72. The van der Waals surface area contributed by atoms with Gasteiger partial charge in [-0.25, -0.2) is 4.79 Å². The van der Waals surface area contributed by atoms with Crippen molar-refractivity contribution in [3.05, 3.63) is 82.6 Å². The van der Waals surface area contributed by atoms with E-state index in [1.807, 2.05) is 53.2 Å². The Bertz CT molecular complexity index is 884. The van der Waals surface area contributed by atoms with E-state index >= 15 is 0 Å². The van der Waals surface area contributed by atoms with Crippen molar-refractivity contribution in [2.45, 2.75) is 0 Å². The quantitative estimate of drug-likeness (QED) is 0.679. The van der Waals surface area contributed by atoms with Crippen molar-refractivity contribution in [3.8, 4) is 5.69 Å². The van der Waals surface area contributed by atoms with Gasteiger partial charge in [0.05, 0.1) is 23.2 Å². The molecule has 5 heteroatoms.